The molecule has 0 saturated heterocycles. The van der Waals surface area contributed by atoms with E-state index in [1.807, 2.05) is 0 Å². The van der Waals surface area contributed by atoms with Gasteiger partial charge in [0.15, 0.2) is 11.5 Å². The molecule has 40 heavy (non-hydrogen) atoms. The van der Waals surface area contributed by atoms with Crippen molar-refractivity contribution in [2.45, 2.75) is 24.0 Å². The van der Waals surface area contributed by atoms with E-state index in [2.05, 4.69) is 15.0 Å². The van der Waals surface area contributed by atoms with E-state index < -0.39 is 39.1 Å². The number of rotatable bonds is 6. The Morgan fingerprint density at radius 3 is 2.50 bits per heavy atom. The van der Waals surface area contributed by atoms with Gasteiger partial charge in [0.1, 0.15) is 18.8 Å². The quantitative estimate of drug-likeness (QED) is 0.309. The molecule has 0 spiro atoms. The molecule has 0 fully saturated rings. The van der Waals surface area contributed by atoms with Crippen LogP contribution in [0.4, 0.5) is 18.9 Å². The third kappa shape index (κ3) is 5.45. The number of halogens is 3. The molecule has 1 aliphatic rings. The van der Waals surface area contributed by atoms with E-state index in [1.54, 1.807) is 25.1 Å². The van der Waals surface area contributed by atoms with E-state index in [9.17, 15) is 31.2 Å². The number of pyridine rings is 1. The molecule has 0 unspecified atom stereocenters. The van der Waals surface area contributed by atoms with Crippen LogP contribution in [0.3, 0.4) is 0 Å². The van der Waals surface area contributed by atoms with Crippen LogP contribution in [0, 0.1) is 0 Å². The van der Waals surface area contributed by atoms with Gasteiger partial charge in [-0.25, -0.2) is 8.42 Å². The van der Waals surface area contributed by atoms with Crippen molar-refractivity contribution < 1.29 is 35.9 Å². The summed E-state index contributed by atoms with van der Waals surface area (Å²) < 4.78 is 78.1. The number of amides is 1. The van der Waals surface area contributed by atoms with Gasteiger partial charge in [0.2, 0.25) is 5.43 Å². The smallest absolute Gasteiger partial charge is 0.416 e. The van der Waals surface area contributed by atoms with Crippen molar-refractivity contribution in [2.75, 3.05) is 17.9 Å². The lowest BCUT2D eigenvalue weighted by atomic mass is 10.1. The van der Waals surface area contributed by atoms with Gasteiger partial charge in [-0.15, -0.1) is 0 Å². The second kappa shape index (κ2) is 10.2. The number of carbonyl (C=O) groups excluding carboxylic acids is 1. The SMILES string of the molecule is C[C@@H](NC(=O)c1c[nH]c2ccc(S(=O)(=O)Nc3cccc(C(F)(F)F)c3)cc2c1=O)c1ccc2c(c1)OCCO2. The van der Waals surface area contributed by atoms with Crippen LogP contribution in [0.2, 0.25) is 0 Å². The number of carbonyl (C=O) groups is 1. The number of benzene rings is 3. The number of aromatic nitrogens is 1. The molecule has 1 aromatic heterocycles. The summed E-state index contributed by atoms with van der Waals surface area (Å²) in [6, 6.07) is 12.0. The number of H-pyrrole nitrogens is 1. The molecular formula is C27H22F3N3O6S. The lowest BCUT2D eigenvalue weighted by molar-refractivity contribution is -0.137. The first-order chi connectivity index (χ1) is 18.9. The number of nitrogens with one attached hydrogen (secondary N) is 3. The molecule has 0 radical (unpaired) electrons. The van der Waals surface area contributed by atoms with Crippen LogP contribution in [-0.4, -0.2) is 32.5 Å². The third-order valence-corrected chi connectivity index (χ3v) is 7.64. The summed E-state index contributed by atoms with van der Waals surface area (Å²) in [6.07, 6.45) is -3.43. The molecule has 0 aliphatic carbocycles. The van der Waals surface area contributed by atoms with Gasteiger partial charge in [-0.3, -0.25) is 14.3 Å². The van der Waals surface area contributed by atoms with Gasteiger partial charge >= 0.3 is 6.18 Å². The zero-order chi connectivity index (χ0) is 28.7. The van der Waals surface area contributed by atoms with E-state index in [0.717, 1.165) is 18.2 Å². The summed E-state index contributed by atoms with van der Waals surface area (Å²) in [5.41, 5.74) is -1.33. The summed E-state index contributed by atoms with van der Waals surface area (Å²) in [7, 11) is -4.37. The summed E-state index contributed by atoms with van der Waals surface area (Å²) in [6.45, 7) is 2.56. The fourth-order valence-electron chi connectivity index (χ4n) is 4.19. The normalized spacial score (nSPS) is 14.0. The molecule has 3 aromatic carbocycles. The number of fused-ring (bicyclic) bond motifs is 2. The van der Waals surface area contributed by atoms with E-state index in [0.29, 0.717) is 36.3 Å². The standard InChI is InChI=1S/C27H22F3N3O6S/c1-15(16-5-8-23-24(11-16)39-10-9-38-23)32-26(35)21-14-31-22-7-6-19(13-20(22)25(21)34)40(36,37)33-18-4-2-3-17(12-18)27(28,29)30/h2-8,11-15,33H,9-10H2,1H3,(H,31,34)(H,32,35)/t15-/m1/s1. The summed E-state index contributed by atoms with van der Waals surface area (Å²) in [4.78, 5) is 28.7. The first-order valence-corrected chi connectivity index (χ1v) is 13.5. The highest BCUT2D eigenvalue weighted by molar-refractivity contribution is 7.92. The Bertz CT molecular complexity index is 1790. The van der Waals surface area contributed by atoms with Crippen LogP contribution in [-0.2, 0) is 16.2 Å². The molecule has 1 amide bonds. The Morgan fingerprint density at radius 1 is 1.00 bits per heavy atom. The van der Waals surface area contributed by atoms with Gasteiger partial charge in [0.25, 0.3) is 15.9 Å². The highest BCUT2D eigenvalue weighted by Gasteiger charge is 2.31. The molecule has 0 saturated carbocycles. The fraction of sp³-hybridized carbons (Fsp3) is 0.185. The average Bonchev–Trinajstić information content (AvgIpc) is 2.92. The van der Waals surface area contributed by atoms with E-state index in [1.165, 1.54) is 24.4 Å². The van der Waals surface area contributed by atoms with Crippen LogP contribution >= 0.6 is 0 Å². The maximum Gasteiger partial charge on any atom is 0.416 e. The minimum absolute atomic E-state index is 0.0912. The number of ether oxygens (including phenoxy) is 2. The number of anilines is 1. The van der Waals surface area contributed by atoms with Crippen LogP contribution in [0.5, 0.6) is 11.5 Å². The monoisotopic (exact) mass is 573 g/mol. The second-order valence-electron chi connectivity index (χ2n) is 9.02. The zero-order valence-electron chi connectivity index (χ0n) is 20.8. The van der Waals surface area contributed by atoms with Crippen molar-refractivity contribution >= 4 is 32.5 Å². The van der Waals surface area contributed by atoms with Crippen molar-refractivity contribution in [3.8, 4) is 11.5 Å². The maximum atomic E-state index is 13.2. The minimum atomic E-state index is -4.66. The van der Waals surface area contributed by atoms with Crippen molar-refractivity contribution in [1.82, 2.24) is 10.3 Å². The van der Waals surface area contributed by atoms with Crippen LogP contribution in [0.1, 0.15) is 34.5 Å². The Hall–Kier alpha value is -4.52. The lowest BCUT2D eigenvalue weighted by Crippen LogP contribution is -2.31. The van der Waals surface area contributed by atoms with Gasteiger partial charge in [0, 0.05) is 22.8 Å². The molecule has 0 bridgehead atoms. The highest BCUT2D eigenvalue weighted by Crippen LogP contribution is 2.33. The minimum Gasteiger partial charge on any atom is -0.486 e. The molecule has 1 aliphatic heterocycles. The Kier molecular flexibility index (Phi) is 6.92. The summed E-state index contributed by atoms with van der Waals surface area (Å²) in [5.74, 6) is 0.439. The predicted octanol–water partition coefficient (Wildman–Crippen LogP) is 4.61. The summed E-state index contributed by atoms with van der Waals surface area (Å²) >= 11 is 0. The largest absolute Gasteiger partial charge is 0.486 e. The molecular weight excluding hydrogens is 551 g/mol. The lowest BCUT2D eigenvalue weighted by Gasteiger charge is -2.21. The van der Waals surface area contributed by atoms with Gasteiger partial charge in [-0.05, 0) is 61.0 Å². The maximum absolute atomic E-state index is 13.2. The number of hydrogen-bond acceptors (Lipinski definition) is 6. The molecule has 13 heteroatoms. The van der Waals surface area contributed by atoms with Crippen LogP contribution in [0.25, 0.3) is 10.9 Å². The number of aromatic amines is 1. The zero-order valence-corrected chi connectivity index (χ0v) is 21.7. The molecule has 208 valence electrons. The molecule has 3 N–H and O–H groups in total. The van der Waals surface area contributed by atoms with Crippen LogP contribution < -0.4 is 24.9 Å². The molecule has 1 atom stereocenters. The Morgan fingerprint density at radius 2 is 1.75 bits per heavy atom. The fourth-order valence-corrected chi connectivity index (χ4v) is 5.27. The van der Waals surface area contributed by atoms with Gasteiger partial charge in [-0.1, -0.05) is 12.1 Å². The third-order valence-electron chi connectivity index (χ3n) is 6.26. The van der Waals surface area contributed by atoms with Crippen molar-refractivity contribution in [2.24, 2.45) is 0 Å². The van der Waals surface area contributed by atoms with Crippen molar-refractivity contribution in [3.63, 3.8) is 0 Å². The average molecular weight is 574 g/mol. The van der Waals surface area contributed by atoms with Gasteiger partial charge in [-0.2, -0.15) is 13.2 Å². The highest BCUT2D eigenvalue weighted by atomic mass is 32.2. The first-order valence-electron chi connectivity index (χ1n) is 12.0. The van der Waals surface area contributed by atoms with E-state index in [4.69, 9.17) is 9.47 Å². The molecule has 2 heterocycles. The van der Waals surface area contributed by atoms with Gasteiger partial charge < -0.3 is 19.8 Å². The number of hydrogen-bond donors (Lipinski definition) is 3. The molecule has 5 rings (SSSR count). The Balaban J connectivity index is 1.40. The van der Waals surface area contributed by atoms with E-state index >= 15 is 0 Å². The molecule has 4 aromatic rings. The predicted molar refractivity (Wildman–Crippen MR) is 140 cm³/mol. The summed E-state index contributed by atoms with van der Waals surface area (Å²) in [5, 5.41) is 2.65. The van der Waals surface area contributed by atoms with Crippen LogP contribution in [0.15, 0.2) is 76.6 Å². The first kappa shape index (κ1) is 27.1. The number of sulfonamides is 1. The second-order valence-corrected chi connectivity index (χ2v) is 10.7. The van der Waals surface area contributed by atoms with Gasteiger partial charge in [0.05, 0.1) is 16.5 Å². The molecule has 9 nitrogen and oxygen atoms in total. The Labute approximate surface area is 226 Å². The topological polar surface area (TPSA) is 127 Å². The van der Waals surface area contributed by atoms with Crippen molar-refractivity contribution in [1.29, 1.82) is 0 Å². The number of alkyl halides is 3. The van der Waals surface area contributed by atoms with E-state index in [-0.39, 0.29) is 27.0 Å². The van der Waals surface area contributed by atoms with Crippen molar-refractivity contribution in [3.05, 3.63) is 93.8 Å².